The number of allylic oxidation sites excluding steroid dienone is 1. The van der Waals surface area contributed by atoms with Gasteiger partial charge in [0.1, 0.15) is 17.9 Å². The average molecular weight is 453 g/mol. The van der Waals surface area contributed by atoms with Crippen molar-refractivity contribution in [1.29, 1.82) is 0 Å². The van der Waals surface area contributed by atoms with Gasteiger partial charge in [-0.25, -0.2) is 9.88 Å². The van der Waals surface area contributed by atoms with Crippen molar-refractivity contribution in [1.82, 2.24) is 0 Å². The number of halogens is 2. The summed E-state index contributed by atoms with van der Waals surface area (Å²) in [6.07, 6.45) is 1.83. The molecular formula is C18H15BrClN3O2S. The van der Waals surface area contributed by atoms with E-state index in [0.29, 0.717) is 6.54 Å². The zero-order valence-electron chi connectivity index (χ0n) is 13.6. The molecule has 0 aliphatic carbocycles. The van der Waals surface area contributed by atoms with Crippen LogP contribution in [0.4, 0.5) is 16.5 Å². The molecule has 0 saturated carbocycles. The van der Waals surface area contributed by atoms with Crippen molar-refractivity contribution in [3.63, 3.8) is 0 Å². The van der Waals surface area contributed by atoms with Gasteiger partial charge in [-0.1, -0.05) is 46.0 Å². The highest BCUT2D eigenvalue weighted by molar-refractivity contribution is 9.10. The van der Waals surface area contributed by atoms with Crippen molar-refractivity contribution >= 4 is 43.8 Å². The molecule has 0 atom stereocenters. The molecular weight excluding hydrogens is 438 g/mol. The van der Waals surface area contributed by atoms with Gasteiger partial charge in [0, 0.05) is 27.5 Å². The molecule has 0 fully saturated rings. The van der Waals surface area contributed by atoms with E-state index in [2.05, 4.69) is 32.4 Å². The van der Waals surface area contributed by atoms with Crippen LogP contribution in [0.3, 0.4) is 0 Å². The Morgan fingerprint density at radius 2 is 2.00 bits per heavy atom. The second-order valence-electron chi connectivity index (χ2n) is 5.26. The number of nitrogens with one attached hydrogen (secondary N) is 1. The van der Waals surface area contributed by atoms with Crippen molar-refractivity contribution in [2.45, 2.75) is 6.54 Å². The van der Waals surface area contributed by atoms with Crippen LogP contribution in [0.2, 0.25) is 0 Å². The molecule has 0 aliphatic heterocycles. The van der Waals surface area contributed by atoms with Gasteiger partial charge in [-0.05, 0) is 30.3 Å². The van der Waals surface area contributed by atoms with E-state index in [1.807, 2.05) is 35.7 Å². The molecule has 26 heavy (non-hydrogen) atoms. The zero-order chi connectivity index (χ0) is 17.8. The van der Waals surface area contributed by atoms with Gasteiger partial charge in [0.15, 0.2) is 0 Å². The van der Waals surface area contributed by atoms with Crippen LogP contribution in [0.25, 0.3) is 11.3 Å². The first-order valence-electron chi connectivity index (χ1n) is 7.48. The van der Waals surface area contributed by atoms with Crippen molar-refractivity contribution in [3.05, 3.63) is 81.2 Å². The number of non-ortho nitro benzene ring substituents is 1. The lowest BCUT2D eigenvalue weighted by Crippen LogP contribution is -3.00. The minimum Gasteiger partial charge on any atom is -1.00 e. The fourth-order valence-electron chi connectivity index (χ4n) is 2.42. The van der Waals surface area contributed by atoms with Crippen LogP contribution in [0, 0.1) is 10.1 Å². The lowest BCUT2D eigenvalue weighted by molar-refractivity contribution is -0.657. The minimum absolute atomic E-state index is 0. The maximum Gasteiger partial charge on any atom is 0.339 e. The lowest BCUT2D eigenvalue weighted by atomic mass is 10.1. The van der Waals surface area contributed by atoms with Crippen LogP contribution in [-0.2, 0) is 6.54 Å². The van der Waals surface area contributed by atoms with Gasteiger partial charge >= 0.3 is 5.13 Å². The number of rotatable bonds is 6. The number of hydrogen-bond donors (Lipinski definition) is 1. The normalized spacial score (nSPS) is 10.0. The Balaban J connectivity index is 0.00000243. The molecule has 5 nitrogen and oxygen atoms in total. The standard InChI is InChI=1S/C18H14BrN3O2S.ClH/c1-2-10-21-17(13-6-8-16(9-7-13)22(23)24)12-25-18(21)20-15-5-3-4-14(19)11-15;/h2-9,11-12H,1,10H2;1H. The van der Waals surface area contributed by atoms with Gasteiger partial charge in [-0.15, -0.1) is 0 Å². The summed E-state index contributed by atoms with van der Waals surface area (Å²) < 4.78 is 3.10. The third-order valence-corrected chi connectivity index (χ3v) is 4.96. The number of nitro groups is 1. The predicted molar refractivity (Wildman–Crippen MR) is 104 cm³/mol. The predicted octanol–water partition coefficient (Wildman–Crippen LogP) is 2.31. The smallest absolute Gasteiger partial charge is 0.339 e. The summed E-state index contributed by atoms with van der Waals surface area (Å²) in [5.41, 5.74) is 2.97. The Morgan fingerprint density at radius 3 is 2.62 bits per heavy atom. The third-order valence-electron chi connectivity index (χ3n) is 3.58. The Morgan fingerprint density at radius 1 is 1.27 bits per heavy atom. The van der Waals surface area contributed by atoms with Crippen molar-refractivity contribution in [2.24, 2.45) is 0 Å². The van der Waals surface area contributed by atoms with E-state index in [1.54, 1.807) is 23.5 Å². The SMILES string of the molecule is C=CC[n+]1c(-c2ccc([N+](=O)[O-])cc2)csc1Nc1cccc(Br)c1.[Cl-]. The summed E-state index contributed by atoms with van der Waals surface area (Å²) in [5.74, 6) is 0. The molecule has 8 heteroatoms. The molecule has 0 saturated heterocycles. The molecule has 0 bridgehead atoms. The van der Waals surface area contributed by atoms with E-state index >= 15 is 0 Å². The van der Waals surface area contributed by atoms with E-state index in [0.717, 1.165) is 26.5 Å². The lowest BCUT2D eigenvalue weighted by Gasteiger charge is -2.04. The molecule has 1 N–H and O–H groups in total. The largest absolute Gasteiger partial charge is 1.00 e. The number of nitrogens with zero attached hydrogens (tertiary/aromatic N) is 2. The van der Waals surface area contributed by atoms with Gasteiger partial charge < -0.3 is 12.4 Å². The number of aromatic nitrogens is 1. The number of nitro benzene ring substituents is 1. The monoisotopic (exact) mass is 451 g/mol. The molecule has 0 unspecified atom stereocenters. The van der Waals surface area contributed by atoms with E-state index in [-0.39, 0.29) is 18.1 Å². The highest BCUT2D eigenvalue weighted by Crippen LogP contribution is 2.27. The topological polar surface area (TPSA) is 59.0 Å². The van der Waals surface area contributed by atoms with E-state index in [4.69, 9.17) is 0 Å². The first-order chi connectivity index (χ1) is 12.1. The van der Waals surface area contributed by atoms with Crippen LogP contribution in [0.15, 0.2) is 71.0 Å². The molecule has 0 radical (unpaired) electrons. The highest BCUT2D eigenvalue weighted by Gasteiger charge is 2.19. The molecule has 134 valence electrons. The second kappa shape index (κ2) is 8.93. The summed E-state index contributed by atoms with van der Waals surface area (Å²) in [7, 11) is 0. The van der Waals surface area contributed by atoms with Crippen molar-refractivity contribution in [3.8, 4) is 11.3 Å². The number of hydrogen-bond acceptors (Lipinski definition) is 4. The van der Waals surface area contributed by atoms with E-state index < -0.39 is 4.92 Å². The maximum atomic E-state index is 10.8. The van der Waals surface area contributed by atoms with Gasteiger partial charge in [-0.3, -0.25) is 10.1 Å². The van der Waals surface area contributed by atoms with Crippen LogP contribution in [0.1, 0.15) is 0 Å². The molecule has 1 heterocycles. The maximum absolute atomic E-state index is 10.8. The van der Waals surface area contributed by atoms with Crippen LogP contribution in [-0.4, -0.2) is 4.92 Å². The molecule has 2 aromatic carbocycles. The molecule has 3 rings (SSSR count). The number of thiazole rings is 1. The van der Waals surface area contributed by atoms with Gasteiger partial charge in [0.05, 0.1) is 4.92 Å². The Labute approximate surface area is 169 Å². The first kappa shape index (κ1) is 20.1. The molecule has 0 amide bonds. The fraction of sp³-hybridized carbons (Fsp3) is 0.0556. The van der Waals surface area contributed by atoms with E-state index in [1.165, 1.54) is 12.1 Å². The molecule has 0 spiro atoms. The summed E-state index contributed by atoms with van der Waals surface area (Å²) >= 11 is 5.05. The summed E-state index contributed by atoms with van der Waals surface area (Å²) in [6.45, 7) is 4.46. The van der Waals surface area contributed by atoms with Crippen LogP contribution >= 0.6 is 27.3 Å². The van der Waals surface area contributed by atoms with Gasteiger partial charge in [-0.2, -0.15) is 0 Å². The van der Waals surface area contributed by atoms with Gasteiger partial charge in [0.2, 0.25) is 0 Å². The fourth-order valence-corrected chi connectivity index (χ4v) is 3.79. The number of benzene rings is 2. The van der Waals surface area contributed by atoms with Crippen LogP contribution in [0.5, 0.6) is 0 Å². The number of anilines is 2. The third kappa shape index (κ3) is 4.49. The second-order valence-corrected chi connectivity index (χ2v) is 7.04. The summed E-state index contributed by atoms with van der Waals surface area (Å²) in [4.78, 5) is 10.4. The Kier molecular flexibility index (Phi) is 6.90. The molecule has 3 aromatic rings. The van der Waals surface area contributed by atoms with Crippen molar-refractivity contribution in [2.75, 3.05) is 5.32 Å². The summed E-state index contributed by atoms with van der Waals surface area (Å²) in [6, 6.07) is 14.5. The Bertz CT molecular complexity index is 928. The van der Waals surface area contributed by atoms with Gasteiger partial charge in [0.25, 0.3) is 5.69 Å². The van der Waals surface area contributed by atoms with E-state index in [9.17, 15) is 10.1 Å². The minimum atomic E-state index is -0.393. The molecule has 0 aliphatic rings. The molecule has 1 aromatic heterocycles. The van der Waals surface area contributed by atoms with Crippen LogP contribution < -0.4 is 22.3 Å². The highest BCUT2D eigenvalue weighted by atomic mass is 79.9. The zero-order valence-corrected chi connectivity index (χ0v) is 16.7. The summed E-state index contributed by atoms with van der Waals surface area (Å²) in [5, 5.41) is 17.2. The Hall–Kier alpha value is -2.22. The first-order valence-corrected chi connectivity index (χ1v) is 9.15. The quantitative estimate of drug-likeness (QED) is 0.270. The average Bonchev–Trinajstić information content (AvgIpc) is 2.98. The van der Waals surface area contributed by atoms with Crippen molar-refractivity contribution < 1.29 is 21.9 Å².